The van der Waals surface area contributed by atoms with E-state index in [0.717, 1.165) is 11.1 Å². The van der Waals surface area contributed by atoms with Gasteiger partial charge in [-0.25, -0.2) is 0 Å². The zero-order valence-electron chi connectivity index (χ0n) is 16.8. The van der Waals surface area contributed by atoms with E-state index in [4.69, 9.17) is 16.6 Å². The lowest BCUT2D eigenvalue weighted by atomic mass is 10.1. The summed E-state index contributed by atoms with van der Waals surface area (Å²) in [4.78, 5) is 27.0. The Labute approximate surface area is 184 Å². The summed E-state index contributed by atoms with van der Waals surface area (Å²) in [5.74, 6) is -0.341. The van der Waals surface area contributed by atoms with Crippen LogP contribution >= 0.6 is 12.2 Å². The van der Waals surface area contributed by atoms with Crippen LogP contribution < -0.4 is 10.2 Å². The molecule has 1 aliphatic rings. The molecule has 0 atom stereocenters. The quantitative estimate of drug-likeness (QED) is 0.383. The molecule has 1 aliphatic heterocycles. The molecule has 1 saturated heterocycles. The molecule has 0 radical (unpaired) electrons. The number of nitrogens with zero attached hydrogens (tertiary/aromatic N) is 2. The van der Waals surface area contributed by atoms with Gasteiger partial charge in [0.1, 0.15) is 17.1 Å². The lowest BCUT2D eigenvalue weighted by Gasteiger charge is -2.30. The van der Waals surface area contributed by atoms with E-state index in [-0.39, 0.29) is 10.7 Å². The number of benzene rings is 2. The van der Waals surface area contributed by atoms with Crippen molar-refractivity contribution in [1.29, 1.82) is 5.26 Å². The fraction of sp³-hybridized carbons (Fsp3) is 0.0833. The third kappa shape index (κ3) is 3.77. The number of nitriles is 1. The highest BCUT2D eigenvalue weighted by Gasteiger charge is 2.35. The summed E-state index contributed by atoms with van der Waals surface area (Å²) in [6.45, 7) is 3.84. The SMILES string of the molecule is Cc1ccc(N2C(=O)/C(=C/c3ccc(-c4ccccc4C#N)o3)C(=O)NC2=S)c(C)c1. The molecule has 6 nitrogen and oxygen atoms in total. The summed E-state index contributed by atoms with van der Waals surface area (Å²) >= 11 is 5.26. The number of rotatable bonds is 3. The number of thiocarbonyl (C=S) groups is 1. The number of carbonyl (C=O) groups excluding carboxylic acids is 2. The lowest BCUT2D eigenvalue weighted by molar-refractivity contribution is -0.122. The number of furan rings is 1. The molecule has 2 amide bonds. The van der Waals surface area contributed by atoms with Crippen molar-refractivity contribution >= 4 is 40.9 Å². The largest absolute Gasteiger partial charge is 0.457 e. The molecule has 152 valence electrons. The third-order valence-corrected chi connectivity index (χ3v) is 5.21. The van der Waals surface area contributed by atoms with Gasteiger partial charge in [0, 0.05) is 5.56 Å². The van der Waals surface area contributed by atoms with Crippen LogP contribution in [0.25, 0.3) is 17.4 Å². The van der Waals surface area contributed by atoms with Gasteiger partial charge in [0.25, 0.3) is 11.8 Å². The number of hydrogen-bond acceptors (Lipinski definition) is 5. The molecule has 1 N–H and O–H groups in total. The van der Waals surface area contributed by atoms with Crippen molar-refractivity contribution in [3.05, 3.63) is 82.6 Å². The second-order valence-electron chi connectivity index (χ2n) is 7.11. The molecule has 2 heterocycles. The van der Waals surface area contributed by atoms with E-state index in [1.54, 1.807) is 42.5 Å². The van der Waals surface area contributed by atoms with E-state index >= 15 is 0 Å². The van der Waals surface area contributed by atoms with Gasteiger partial charge in [0.05, 0.1) is 17.3 Å². The van der Waals surface area contributed by atoms with Gasteiger partial charge in [-0.15, -0.1) is 0 Å². The minimum Gasteiger partial charge on any atom is -0.457 e. The molecule has 0 bridgehead atoms. The summed E-state index contributed by atoms with van der Waals surface area (Å²) in [7, 11) is 0. The number of anilines is 1. The van der Waals surface area contributed by atoms with Crippen LogP contribution in [0.1, 0.15) is 22.5 Å². The highest BCUT2D eigenvalue weighted by atomic mass is 32.1. The van der Waals surface area contributed by atoms with Crippen molar-refractivity contribution in [2.75, 3.05) is 4.90 Å². The Bertz CT molecular complexity index is 1310. The van der Waals surface area contributed by atoms with E-state index in [1.165, 1.54) is 11.0 Å². The molecule has 4 rings (SSSR count). The normalized spacial score (nSPS) is 15.2. The van der Waals surface area contributed by atoms with Crippen LogP contribution in [0.4, 0.5) is 5.69 Å². The first kappa shape index (κ1) is 20.3. The maximum atomic E-state index is 13.2. The van der Waals surface area contributed by atoms with Crippen LogP contribution in [0.15, 0.2) is 64.6 Å². The fourth-order valence-electron chi connectivity index (χ4n) is 3.45. The first-order valence-electron chi connectivity index (χ1n) is 9.47. The Balaban J connectivity index is 1.71. The molecular weight excluding hydrogens is 410 g/mol. The van der Waals surface area contributed by atoms with Crippen molar-refractivity contribution < 1.29 is 14.0 Å². The highest BCUT2D eigenvalue weighted by Crippen LogP contribution is 2.29. The van der Waals surface area contributed by atoms with E-state index in [2.05, 4.69) is 11.4 Å². The monoisotopic (exact) mass is 427 g/mol. The maximum absolute atomic E-state index is 13.2. The molecule has 3 aromatic rings. The molecule has 1 fully saturated rings. The first-order chi connectivity index (χ1) is 14.9. The fourth-order valence-corrected chi connectivity index (χ4v) is 3.72. The topological polar surface area (TPSA) is 86.3 Å². The van der Waals surface area contributed by atoms with Gasteiger partial charge in [-0.2, -0.15) is 5.26 Å². The molecule has 7 heteroatoms. The van der Waals surface area contributed by atoms with Crippen LogP contribution in [0.2, 0.25) is 0 Å². The van der Waals surface area contributed by atoms with Gasteiger partial charge >= 0.3 is 0 Å². The zero-order chi connectivity index (χ0) is 22.1. The van der Waals surface area contributed by atoms with E-state index in [1.807, 2.05) is 26.0 Å². The Morgan fingerprint density at radius 2 is 1.87 bits per heavy atom. The second-order valence-corrected chi connectivity index (χ2v) is 7.49. The summed E-state index contributed by atoms with van der Waals surface area (Å²) < 4.78 is 5.81. The molecule has 0 unspecified atom stereocenters. The van der Waals surface area contributed by atoms with Gasteiger partial charge < -0.3 is 4.42 Å². The molecule has 0 saturated carbocycles. The van der Waals surface area contributed by atoms with Crippen molar-refractivity contribution in [2.45, 2.75) is 13.8 Å². The number of aryl methyl sites for hydroxylation is 2. The summed E-state index contributed by atoms with van der Waals surface area (Å²) in [5.41, 5.74) is 3.52. The molecular formula is C24H17N3O3S. The average Bonchev–Trinajstić information content (AvgIpc) is 3.21. The summed E-state index contributed by atoms with van der Waals surface area (Å²) in [6, 6.07) is 18.1. The minimum atomic E-state index is -0.591. The van der Waals surface area contributed by atoms with E-state index in [9.17, 15) is 14.9 Å². The standard InChI is InChI=1S/C24H17N3O3S/c1-14-7-9-20(15(2)11-14)27-23(29)19(22(28)26-24(27)31)12-17-8-10-21(30-17)18-6-4-3-5-16(18)13-25/h3-12H,1-2H3,(H,26,28,31)/b19-12+. The molecule has 0 spiro atoms. The Morgan fingerprint density at radius 3 is 2.61 bits per heavy atom. The number of carbonyl (C=O) groups is 2. The Morgan fingerprint density at radius 1 is 1.10 bits per heavy atom. The predicted molar refractivity (Wildman–Crippen MR) is 121 cm³/mol. The van der Waals surface area contributed by atoms with Gasteiger partial charge in [-0.1, -0.05) is 29.8 Å². The van der Waals surface area contributed by atoms with E-state index < -0.39 is 11.8 Å². The number of amides is 2. The molecule has 0 aliphatic carbocycles. The van der Waals surface area contributed by atoms with Crippen LogP contribution in [-0.2, 0) is 9.59 Å². The van der Waals surface area contributed by atoms with Gasteiger partial charge in [-0.05, 0) is 68.0 Å². The van der Waals surface area contributed by atoms with Crippen molar-refractivity contribution in [3.63, 3.8) is 0 Å². The third-order valence-electron chi connectivity index (χ3n) is 4.92. The Kier molecular flexibility index (Phi) is 5.24. The zero-order valence-corrected chi connectivity index (χ0v) is 17.6. The van der Waals surface area contributed by atoms with Crippen LogP contribution in [0.3, 0.4) is 0 Å². The van der Waals surface area contributed by atoms with Gasteiger partial charge in [0.15, 0.2) is 5.11 Å². The van der Waals surface area contributed by atoms with Gasteiger partial charge in [-0.3, -0.25) is 19.8 Å². The van der Waals surface area contributed by atoms with Crippen molar-refractivity contribution in [1.82, 2.24) is 5.32 Å². The van der Waals surface area contributed by atoms with E-state index in [0.29, 0.717) is 28.3 Å². The average molecular weight is 427 g/mol. The van der Waals surface area contributed by atoms with Crippen LogP contribution in [0.5, 0.6) is 0 Å². The molecule has 2 aromatic carbocycles. The van der Waals surface area contributed by atoms with Crippen LogP contribution in [-0.4, -0.2) is 16.9 Å². The maximum Gasteiger partial charge on any atom is 0.270 e. The molecule has 31 heavy (non-hydrogen) atoms. The summed E-state index contributed by atoms with van der Waals surface area (Å²) in [6.07, 6.45) is 1.38. The lowest BCUT2D eigenvalue weighted by Crippen LogP contribution is -2.54. The smallest absolute Gasteiger partial charge is 0.270 e. The number of nitrogens with one attached hydrogen (secondary N) is 1. The number of hydrogen-bond donors (Lipinski definition) is 1. The van der Waals surface area contributed by atoms with Crippen molar-refractivity contribution in [3.8, 4) is 17.4 Å². The first-order valence-corrected chi connectivity index (χ1v) is 9.88. The second kappa shape index (κ2) is 8.01. The Hall–Kier alpha value is -4.02. The summed E-state index contributed by atoms with van der Waals surface area (Å²) in [5, 5.41) is 11.9. The highest BCUT2D eigenvalue weighted by molar-refractivity contribution is 7.80. The minimum absolute atomic E-state index is 0.0298. The molecule has 1 aromatic heterocycles. The van der Waals surface area contributed by atoms with Crippen molar-refractivity contribution in [2.24, 2.45) is 0 Å². The van der Waals surface area contributed by atoms with Gasteiger partial charge in [0.2, 0.25) is 0 Å². The predicted octanol–water partition coefficient (Wildman–Crippen LogP) is 4.27. The van der Waals surface area contributed by atoms with Crippen LogP contribution in [0, 0.1) is 25.2 Å².